The zero-order valence-electron chi connectivity index (χ0n) is 48.9. The summed E-state index contributed by atoms with van der Waals surface area (Å²) in [5.74, 6) is -8.06. The van der Waals surface area contributed by atoms with Gasteiger partial charge >= 0.3 is 0 Å². The molecule has 10 N–H and O–H groups in total. The van der Waals surface area contributed by atoms with Crippen LogP contribution in [0.5, 0.6) is 23.0 Å². The van der Waals surface area contributed by atoms with Gasteiger partial charge in [0, 0.05) is 11.1 Å². The van der Waals surface area contributed by atoms with Crippen molar-refractivity contribution in [3.63, 3.8) is 0 Å². The Kier molecular flexibility index (Phi) is 19.0. The number of rotatable bonds is 21. The third-order valence-electron chi connectivity index (χ3n) is 14.4. The molecule has 28 heteroatoms. The Morgan fingerprint density at radius 3 is 1.32 bits per heavy atom. The fourth-order valence-corrected chi connectivity index (χ4v) is 10.1. The van der Waals surface area contributed by atoms with Crippen LogP contribution in [-0.2, 0) is 27.8 Å². The van der Waals surface area contributed by atoms with Gasteiger partial charge in [0.05, 0.1) is 59.9 Å². The molecule has 0 radical (unpaired) electrons. The first-order valence-corrected chi connectivity index (χ1v) is 27.8. The molecule has 0 spiro atoms. The maximum absolute atomic E-state index is 16.3. The zero-order valence-corrected chi connectivity index (χ0v) is 48.9. The lowest BCUT2D eigenvalue weighted by atomic mass is 9.72. The van der Waals surface area contributed by atoms with Crippen LogP contribution in [0.4, 0.5) is 65.9 Å². The summed E-state index contributed by atoms with van der Waals surface area (Å²) in [6, 6.07) is 42.6. The molecule has 0 saturated heterocycles. The number of amides is 2. The van der Waals surface area contributed by atoms with E-state index in [9.17, 15) is 40.5 Å². The predicted octanol–water partition coefficient (Wildman–Crippen LogP) is 8.41. The van der Waals surface area contributed by atoms with Gasteiger partial charge in [0.2, 0.25) is 47.5 Å². The van der Waals surface area contributed by atoms with Gasteiger partial charge in [-0.05, 0) is 105 Å². The van der Waals surface area contributed by atoms with Crippen LogP contribution in [0.1, 0.15) is 36.1 Å². The third-order valence-corrected chi connectivity index (χ3v) is 14.4. The first kappa shape index (κ1) is 63.4. The minimum atomic E-state index is -1.97. The summed E-state index contributed by atoms with van der Waals surface area (Å²) in [7, 11) is 0. The molecular weight excluding hydrogens is 1200 g/mol. The number of benzene rings is 7. The second kappa shape index (κ2) is 27.9. The predicted molar refractivity (Wildman–Crippen MR) is 335 cm³/mol. The van der Waals surface area contributed by atoms with Crippen LogP contribution < -0.4 is 56.7 Å². The fourth-order valence-electron chi connectivity index (χ4n) is 10.1. The number of hydrogen-bond donors (Lipinski definition) is 10. The van der Waals surface area contributed by atoms with E-state index in [2.05, 4.69) is 102 Å². The molecule has 0 atom stereocenters. The number of para-hydroxylation sites is 2. The Morgan fingerprint density at radius 2 is 0.914 bits per heavy atom. The summed E-state index contributed by atoms with van der Waals surface area (Å²) in [5, 5.41) is 69.4. The van der Waals surface area contributed by atoms with E-state index in [0.29, 0.717) is 16.8 Å². The standard InChI is InChI=1S/C65H50F3N17O8/c1-65(2)43-27-39(37-13-9-35(10-14-37)25-51(90)77-63-81-59(73-31-86)79-60(82-63)74-32-87)17-23-47(43)85(48-24-18-40(28-44(48)65)38-15-11-36(12-16-38)26-52(91)78-64-83-61(75-33-88)80-62(84-64)76-34-89)41-19-21-42(22-20-41)92-49-7-5-6-8-50(49)93-58-54(46(30-70)72-4)56(67)55(66)53(57(58)68)45(29-69)71-3/h5-24,27-28,86-89H,25-26,31-34H2,1-2H3,(H3,73,74,77,79,81,82,90)(H3,75,76,78,80,83,84,91)/b53-45-,54-46-. The summed E-state index contributed by atoms with van der Waals surface area (Å²) < 4.78 is 59.6. The van der Waals surface area contributed by atoms with E-state index >= 15 is 13.2 Å². The number of aliphatic hydroxyl groups is 4. The molecular formula is C65H50F3N17O8. The molecule has 0 fully saturated rings. The molecule has 1 aliphatic heterocycles. The first-order valence-electron chi connectivity index (χ1n) is 27.8. The summed E-state index contributed by atoms with van der Waals surface area (Å²) in [5.41, 5.74) is 6.05. The van der Waals surface area contributed by atoms with Crippen molar-refractivity contribution in [1.82, 2.24) is 29.9 Å². The average molecular weight is 1250 g/mol. The Morgan fingerprint density at radius 1 is 0.527 bits per heavy atom. The highest BCUT2D eigenvalue weighted by Gasteiger charge is 2.38. The van der Waals surface area contributed by atoms with Gasteiger partial charge in [0.1, 0.15) is 32.7 Å². The number of nitrogens with zero attached hydrogens (tertiary/aromatic N) is 11. The molecule has 0 saturated carbocycles. The number of nitriles is 2. The highest BCUT2D eigenvalue weighted by Crippen LogP contribution is 2.54. The van der Waals surface area contributed by atoms with Crippen molar-refractivity contribution in [2.45, 2.75) is 32.1 Å². The number of anilines is 9. The second-order valence-electron chi connectivity index (χ2n) is 20.5. The van der Waals surface area contributed by atoms with E-state index in [0.717, 1.165) is 44.8 Å². The number of ether oxygens (including phenoxy) is 2. The Labute approximate surface area is 526 Å². The SMILES string of the molecule is [C-]#[N+]/C(C#N)=c1/c(F)c(F)/c(=C(\C#N)[N+]#[C-])c(Oc2ccccc2Oc2ccc(N3c4ccc(-c5ccc(CC(=O)Nc6nc(NCO)nc(NCO)n6)cc5)cc4C(C)(C)c4cc(-c5ccc(CC(=O)Nc6nc(NCO)nc(NCO)n6)cc5)ccc43)cc2)c1F. The second-order valence-corrected chi connectivity index (χ2v) is 20.5. The highest BCUT2D eigenvalue weighted by molar-refractivity contribution is 5.93. The van der Waals surface area contributed by atoms with Crippen molar-refractivity contribution in [2.75, 3.05) is 63.7 Å². The van der Waals surface area contributed by atoms with Crippen molar-refractivity contribution in [1.29, 1.82) is 10.5 Å². The van der Waals surface area contributed by atoms with Crippen molar-refractivity contribution in [3.05, 3.63) is 206 Å². The number of halogens is 3. The topological polar surface area (TPSA) is 343 Å². The number of hydrogen-bond acceptors (Lipinski definition) is 21. The van der Waals surface area contributed by atoms with Gasteiger partial charge in [0.25, 0.3) is 11.4 Å². The number of aliphatic hydroxyl groups excluding tert-OH is 4. The van der Waals surface area contributed by atoms with Crippen LogP contribution in [0.2, 0.25) is 0 Å². The van der Waals surface area contributed by atoms with Crippen LogP contribution in [-0.4, -0.2) is 89.1 Å². The molecule has 9 aromatic rings. The first-order chi connectivity index (χ1) is 45.0. The van der Waals surface area contributed by atoms with E-state index < -0.39 is 89.2 Å². The van der Waals surface area contributed by atoms with E-state index in [1.807, 2.05) is 72.8 Å². The lowest BCUT2D eigenvalue weighted by molar-refractivity contribution is -0.116. The van der Waals surface area contributed by atoms with E-state index in [1.165, 1.54) is 30.3 Å². The van der Waals surface area contributed by atoms with Crippen molar-refractivity contribution in [3.8, 4) is 57.4 Å². The molecule has 0 bridgehead atoms. The average Bonchev–Trinajstić information content (AvgIpc) is 0.725. The monoisotopic (exact) mass is 1250 g/mol. The van der Waals surface area contributed by atoms with Gasteiger partial charge in [-0.2, -0.15) is 29.9 Å². The highest BCUT2D eigenvalue weighted by atomic mass is 19.2. The normalized spacial score (nSPS) is 12.4. The molecule has 0 unspecified atom stereocenters. The molecule has 464 valence electrons. The lowest BCUT2D eigenvalue weighted by Crippen LogP contribution is -2.30. The molecule has 10 rings (SSSR count). The van der Waals surface area contributed by atoms with Gasteiger partial charge in [0.15, 0.2) is 34.7 Å². The molecule has 2 aromatic heterocycles. The van der Waals surface area contributed by atoms with Crippen molar-refractivity contribution >= 4 is 76.0 Å². The Hall–Kier alpha value is -12.6. The van der Waals surface area contributed by atoms with Gasteiger partial charge in [-0.15, -0.1) is 0 Å². The zero-order chi connectivity index (χ0) is 65.9. The van der Waals surface area contributed by atoms with E-state index in [4.69, 9.17) is 22.6 Å². The largest absolute Gasteiger partial charge is 0.453 e. The Bertz CT molecular complexity index is 4460. The van der Waals surface area contributed by atoms with Gasteiger partial charge in [-0.3, -0.25) is 20.2 Å². The van der Waals surface area contributed by atoms with Crippen LogP contribution >= 0.6 is 0 Å². The van der Waals surface area contributed by atoms with Crippen molar-refractivity contribution in [2.24, 2.45) is 0 Å². The number of aromatic nitrogens is 6. The summed E-state index contributed by atoms with van der Waals surface area (Å²) in [6.07, 6.45) is -0.102. The maximum Gasteiger partial charge on any atom is 0.275 e. The van der Waals surface area contributed by atoms with Gasteiger partial charge in [-0.1, -0.05) is 86.6 Å². The van der Waals surface area contributed by atoms with Crippen molar-refractivity contribution < 1.29 is 52.7 Å². The Balaban J connectivity index is 0.972. The maximum atomic E-state index is 16.3. The summed E-state index contributed by atoms with van der Waals surface area (Å²) in [6.45, 7) is 17.0. The molecule has 0 aliphatic carbocycles. The van der Waals surface area contributed by atoms with Gasteiger partial charge in [-0.25, -0.2) is 33.4 Å². The number of carbonyl (C=O) groups excluding carboxylic acids is 2. The minimum Gasteiger partial charge on any atom is -0.453 e. The molecule has 3 heterocycles. The lowest BCUT2D eigenvalue weighted by Gasteiger charge is -2.42. The third kappa shape index (κ3) is 13.7. The quantitative estimate of drug-likeness (QED) is 0.0183. The van der Waals surface area contributed by atoms with Crippen LogP contribution in [0, 0.1) is 53.3 Å². The smallest absolute Gasteiger partial charge is 0.275 e. The van der Waals surface area contributed by atoms with Crippen LogP contribution in [0.25, 0.3) is 43.3 Å². The van der Waals surface area contributed by atoms with Crippen LogP contribution in [0.3, 0.4) is 0 Å². The van der Waals surface area contributed by atoms with Gasteiger partial charge < -0.3 is 56.1 Å². The fraction of sp³-hybridized carbons (Fsp3) is 0.138. The summed E-state index contributed by atoms with van der Waals surface area (Å²) in [4.78, 5) is 58.8. The molecule has 93 heavy (non-hydrogen) atoms. The molecule has 7 aromatic carbocycles. The number of fused-ring (bicyclic) bond motifs is 2. The van der Waals surface area contributed by atoms with Crippen LogP contribution in [0.15, 0.2) is 133 Å². The number of nitrogens with one attached hydrogen (secondary N) is 6. The minimum absolute atomic E-state index is 0.0330. The molecule has 1 aliphatic rings. The van der Waals surface area contributed by atoms with E-state index in [1.54, 1.807) is 30.3 Å². The molecule has 2 amide bonds. The van der Waals surface area contributed by atoms with E-state index in [-0.39, 0.29) is 65.8 Å². The molecule has 25 nitrogen and oxygen atoms in total. The summed E-state index contributed by atoms with van der Waals surface area (Å²) >= 11 is 0. The number of carbonyl (C=O) groups is 2.